The van der Waals surface area contributed by atoms with Gasteiger partial charge in [-0.25, -0.2) is 13.4 Å². The van der Waals surface area contributed by atoms with Crippen molar-refractivity contribution >= 4 is 37.5 Å². The summed E-state index contributed by atoms with van der Waals surface area (Å²) in [5.74, 6) is 0.0223. The molecular formula is C19H20N4O4S2. The van der Waals surface area contributed by atoms with Gasteiger partial charge in [-0.2, -0.15) is 4.31 Å². The molecule has 0 spiro atoms. The van der Waals surface area contributed by atoms with Gasteiger partial charge in [-0.3, -0.25) is 9.59 Å². The van der Waals surface area contributed by atoms with E-state index in [2.05, 4.69) is 9.97 Å². The Morgan fingerprint density at radius 2 is 2.03 bits per heavy atom. The molecular weight excluding hydrogens is 412 g/mol. The van der Waals surface area contributed by atoms with Crippen LogP contribution in [0.4, 0.5) is 0 Å². The molecule has 2 aromatic heterocycles. The van der Waals surface area contributed by atoms with E-state index in [1.807, 2.05) is 0 Å². The van der Waals surface area contributed by atoms with E-state index in [4.69, 9.17) is 0 Å². The van der Waals surface area contributed by atoms with Crippen molar-refractivity contribution in [3.63, 3.8) is 0 Å². The van der Waals surface area contributed by atoms with Crippen LogP contribution in [-0.2, 0) is 16.6 Å². The summed E-state index contributed by atoms with van der Waals surface area (Å²) < 4.78 is 27.5. The first kappa shape index (κ1) is 19.7. The van der Waals surface area contributed by atoms with Gasteiger partial charge in [0.15, 0.2) is 0 Å². The molecule has 1 amide bonds. The summed E-state index contributed by atoms with van der Waals surface area (Å²) in [7, 11) is -2.01. The molecule has 1 aromatic carbocycles. The van der Waals surface area contributed by atoms with Gasteiger partial charge in [0.1, 0.15) is 10.5 Å². The van der Waals surface area contributed by atoms with Crippen LogP contribution in [0, 0.1) is 0 Å². The smallest absolute Gasteiger partial charge is 0.268 e. The first-order valence-electron chi connectivity index (χ1n) is 9.18. The van der Waals surface area contributed by atoms with Gasteiger partial charge >= 0.3 is 0 Å². The minimum absolute atomic E-state index is 0.100. The van der Waals surface area contributed by atoms with Gasteiger partial charge < -0.3 is 9.88 Å². The normalized spacial score (nSPS) is 15.1. The molecule has 0 radical (unpaired) electrons. The highest BCUT2D eigenvalue weighted by Crippen LogP contribution is 2.22. The van der Waals surface area contributed by atoms with Crippen LogP contribution in [0.1, 0.15) is 29.0 Å². The van der Waals surface area contributed by atoms with E-state index in [-0.39, 0.29) is 28.5 Å². The molecule has 0 saturated carbocycles. The summed E-state index contributed by atoms with van der Waals surface area (Å²) in [5.41, 5.74) is 0.625. The number of rotatable bonds is 5. The number of nitrogens with zero attached hydrogens (tertiary/aromatic N) is 3. The number of thiophene rings is 1. The van der Waals surface area contributed by atoms with E-state index < -0.39 is 10.0 Å². The fourth-order valence-corrected chi connectivity index (χ4v) is 5.67. The van der Waals surface area contributed by atoms with Crippen LogP contribution >= 0.6 is 11.3 Å². The minimum atomic E-state index is -3.60. The summed E-state index contributed by atoms with van der Waals surface area (Å²) in [5, 5.41) is 1.79. The average Bonchev–Trinajstić information content (AvgIpc) is 3.40. The molecule has 4 rings (SSSR count). The van der Waals surface area contributed by atoms with Crippen LogP contribution < -0.4 is 5.56 Å². The number of fused-ring (bicyclic) bond motifs is 1. The molecule has 152 valence electrons. The molecule has 29 heavy (non-hydrogen) atoms. The van der Waals surface area contributed by atoms with Gasteiger partial charge in [-0.1, -0.05) is 6.07 Å². The van der Waals surface area contributed by atoms with E-state index in [1.165, 1.54) is 32.7 Å². The van der Waals surface area contributed by atoms with Crippen LogP contribution in [0.5, 0.6) is 0 Å². The van der Waals surface area contributed by atoms with Crippen molar-refractivity contribution in [3.8, 4) is 0 Å². The number of benzene rings is 1. The van der Waals surface area contributed by atoms with Gasteiger partial charge in [0.2, 0.25) is 10.0 Å². The molecule has 0 unspecified atom stereocenters. The molecule has 10 heteroatoms. The Morgan fingerprint density at radius 3 is 2.79 bits per heavy atom. The molecule has 8 nitrogen and oxygen atoms in total. The average molecular weight is 433 g/mol. The highest BCUT2D eigenvalue weighted by molar-refractivity contribution is 7.89. The van der Waals surface area contributed by atoms with Crippen molar-refractivity contribution in [3.05, 3.63) is 57.5 Å². The monoisotopic (exact) mass is 432 g/mol. The van der Waals surface area contributed by atoms with Crippen molar-refractivity contribution in [2.24, 2.45) is 0 Å². The number of amides is 1. The second-order valence-corrected chi connectivity index (χ2v) is 9.80. The number of carbonyl (C=O) groups excluding carboxylic acids is 1. The molecule has 1 fully saturated rings. The van der Waals surface area contributed by atoms with Crippen LogP contribution in [0.15, 0.2) is 45.4 Å². The highest BCUT2D eigenvalue weighted by atomic mass is 32.2. The third kappa shape index (κ3) is 3.83. The second kappa shape index (κ2) is 7.69. The summed E-state index contributed by atoms with van der Waals surface area (Å²) >= 11 is 1.31. The van der Waals surface area contributed by atoms with Crippen molar-refractivity contribution in [2.75, 3.05) is 20.1 Å². The standard InChI is InChI=1S/C19H20N4O4S2/c1-22(12-16-20-15-7-10-28-17(15)18(24)21-16)19(25)13-5-4-6-14(11-13)29(26,27)23-8-2-3-9-23/h4-7,10-11H,2-3,8-9,12H2,1H3,(H,20,21,24). The Labute approximate surface area is 171 Å². The molecule has 0 atom stereocenters. The molecule has 3 aromatic rings. The Balaban J connectivity index is 1.56. The van der Waals surface area contributed by atoms with E-state index in [0.717, 1.165) is 12.8 Å². The molecule has 1 aliphatic heterocycles. The molecule has 1 N–H and O–H groups in total. The summed E-state index contributed by atoms with van der Waals surface area (Å²) in [6, 6.07) is 7.83. The summed E-state index contributed by atoms with van der Waals surface area (Å²) in [4.78, 5) is 33.5. The van der Waals surface area contributed by atoms with Crippen LogP contribution in [0.25, 0.3) is 10.2 Å². The lowest BCUT2D eigenvalue weighted by Gasteiger charge is -2.18. The maximum absolute atomic E-state index is 12.8. The SMILES string of the molecule is CN(Cc1nc2ccsc2c(=O)[nH]1)C(=O)c1cccc(S(=O)(=O)N2CCCC2)c1. The first-order chi connectivity index (χ1) is 13.9. The van der Waals surface area contributed by atoms with Gasteiger partial charge in [0.25, 0.3) is 11.5 Å². The van der Waals surface area contributed by atoms with E-state index in [1.54, 1.807) is 30.6 Å². The Hall–Kier alpha value is -2.56. The number of H-pyrrole nitrogens is 1. The number of hydrogen-bond donors (Lipinski definition) is 1. The lowest BCUT2D eigenvalue weighted by atomic mass is 10.2. The Kier molecular flexibility index (Phi) is 5.24. The fraction of sp³-hybridized carbons (Fsp3) is 0.316. The van der Waals surface area contributed by atoms with Crippen molar-refractivity contribution < 1.29 is 13.2 Å². The zero-order valence-electron chi connectivity index (χ0n) is 15.8. The van der Waals surface area contributed by atoms with Gasteiger partial charge in [-0.05, 0) is 42.5 Å². The van der Waals surface area contributed by atoms with Crippen LogP contribution in [-0.4, -0.2) is 53.6 Å². The number of aromatic amines is 1. The van der Waals surface area contributed by atoms with Crippen molar-refractivity contribution in [2.45, 2.75) is 24.3 Å². The van der Waals surface area contributed by atoms with Gasteiger partial charge in [-0.15, -0.1) is 11.3 Å². The minimum Gasteiger partial charge on any atom is -0.334 e. The summed E-state index contributed by atoms with van der Waals surface area (Å²) in [6.07, 6.45) is 1.69. The number of nitrogens with one attached hydrogen (secondary N) is 1. The third-order valence-electron chi connectivity index (χ3n) is 4.88. The number of sulfonamides is 1. The molecule has 0 bridgehead atoms. The second-order valence-electron chi connectivity index (χ2n) is 6.95. The van der Waals surface area contributed by atoms with Crippen molar-refractivity contribution in [1.29, 1.82) is 0 Å². The maximum atomic E-state index is 12.8. The van der Waals surface area contributed by atoms with Crippen LogP contribution in [0.3, 0.4) is 0 Å². The Morgan fingerprint density at radius 1 is 1.28 bits per heavy atom. The molecule has 1 aliphatic rings. The predicted molar refractivity (Wildman–Crippen MR) is 110 cm³/mol. The van der Waals surface area contributed by atoms with E-state index >= 15 is 0 Å². The lowest BCUT2D eigenvalue weighted by molar-refractivity contribution is 0.0781. The zero-order chi connectivity index (χ0) is 20.6. The topological polar surface area (TPSA) is 103 Å². The number of hydrogen-bond acceptors (Lipinski definition) is 6. The quantitative estimate of drug-likeness (QED) is 0.665. The zero-order valence-corrected chi connectivity index (χ0v) is 17.4. The highest BCUT2D eigenvalue weighted by Gasteiger charge is 2.28. The maximum Gasteiger partial charge on any atom is 0.268 e. The third-order valence-corrected chi connectivity index (χ3v) is 7.68. The van der Waals surface area contributed by atoms with Gasteiger partial charge in [0, 0.05) is 25.7 Å². The molecule has 0 aliphatic carbocycles. The number of carbonyl (C=O) groups is 1. The van der Waals surface area contributed by atoms with E-state index in [9.17, 15) is 18.0 Å². The van der Waals surface area contributed by atoms with Gasteiger partial charge in [0.05, 0.1) is 17.0 Å². The lowest BCUT2D eigenvalue weighted by Crippen LogP contribution is -2.30. The van der Waals surface area contributed by atoms with Crippen LogP contribution in [0.2, 0.25) is 0 Å². The van der Waals surface area contributed by atoms with Crippen molar-refractivity contribution in [1.82, 2.24) is 19.2 Å². The fourth-order valence-electron chi connectivity index (χ4n) is 3.38. The first-order valence-corrected chi connectivity index (χ1v) is 11.5. The summed E-state index contributed by atoms with van der Waals surface area (Å²) in [6.45, 7) is 1.11. The molecule has 1 saturated heterocycles. The largest absolute Gasteiger partial charge is 0.334 e. The molecule has 3 heterocycles. The Bertz CT molecular complexity index is 1230. The number of aromatic nitrogens is 2. The predicted octanol–water partition coefficient (Wildman–Crippen LogP) is 2.04. The van der Waals surface area contributed by atoms with E-state index in [0.29, 0.717) is 29.1 Å².